The van der Waals surface area contributed by atoms with Crippen LogP contribution in [0.4, 0.5) is 0 Å². The van der Waals surface area contributed by atoms with Crippen LogP contribution in [0, 0.1) is 5.92 Å². The fraction of sp³-hybridized carbons (Fsp3) is 0.917. The van der Waals surface area contributed by atoms with E-state index in [0.29, 0.717) is 6.42 Å². The lowest BCUT2D eigenvalue weighted by molar-refractivity contribution is -0.125. The Morgan fingerprint density at radius 3 is 2.18 bits per heavy atom. The Bertz CT molecular complexity index is 369. The van der Waals surface area contributed by atoms with Crippen molar-refractivity contribution in [1.82, 2.24) is 5.32 Å². The first kappa shape index (κ1) is 12.9. The summed E-state index contributed by atoms with van der Waals surface area (Å²) in [5, 5.41) is 3.04. The molecule has 1 atom stereocenters. The molecule has 17 heavy (non-hydrogen) atoms. The molecule has 0 unspecified atom stereocenters. The molecule has 4 nitrogen and oxygen atoms in total. The van der Waals surface area contributed by atoms with Crippen molar-refractivity contribution >= 4 is 15.7 Å². The molecule has 2 rings (SSSR count). The van der Waals surface area contributed by atoms with E-state index in [-0.39, 0.29) is 29.4 Å². The van der Waals surface area contributed by atoms with E-state index < -0.39 is 9.84 Å². The first-order chi connectivity index (χ1) is 8.07. The Morgan fingerprint density at radius 1 is 1.00 bits per heavy atom. The lowest BCUT2D eigenvalue weighted by Gasteiger charge is -2.18. The van der Waals surface area contributed by atoms with Gasteiger partial charge in [-0.3, -0.25) is 4.79 Å². The van der Waals surface area contributed by atoms with Gasteiger partial charge in [0.1, 0.15) is 0 Å². The van der Waals surface area contributed by atoms with Crippen molar-refractivity contribution in [3.05, 3.63) is 0 Å². The van der Waals surface area contributed by atoms with Gasteiger partial charge in [0.25, 0.3) is 0 Å². The van der Waals surface area contributed by atoms with Crippen LogP contribution in [0.25, 0.3) is 0 Å². The summed E-state index contributed by atoms with van der Waals surface area (Å²) >= 11 is 0. The van der Waals surface area contributed by atoms with Crippen LogP contribution in [-0.4, -0.2) is 31.9 Å². The van der Waals surface area contributed by atoms with Gasteiger partial charge in [-0.15, -0.1) is 0 Å². The maximum absolute atomic E-state index is 11.9. The predicted octanol–water partition coefficient (Wildman–Crippen LogP) is 1.26. The van der Waals surface area contributed by atoms with Crippen molar-refractivity contribution < 1.29 is 13.2 Å². The highest BCUT2D eigenvalue weighted by Gasteiger charge is 2.33. The summed E-state index contributed by atoms with van der Waals surface area (Å²) in [6, 6.07) is 0.272. The van der Waals surface area contributed by atoms with Crippen LogP contribution in [0.5, 0.6) is 0 Å². The molecule has 1 amide bonds. The van der Waals surface area contributed by atoms with Crippen LogP contribution in [0.1, 0.15) is 44.9 Å². The lowest BCUT2D eigenvalue weighted by atomic mass is 10.1. The average Bonchev–Trinajstić information content (AvgIpc) is 2.50. The van der Waals surface area contributed by atoms with Gasteiger partial charge in [-0.05, 0) is 19.3 Å². The maximum atomic E-state index is 11.9. The zero-order chi connectivity index (χ0) is 12.3. The largest absolute Gasteiger partial charge is 0.353 e. The molecule has 2 fully saturated rings. The minimum atomic E-state index is -2.95. The minimum absolute atomic E-state index is 0.0435. The number of carbonyl (C=O) groups excluding carboxylic acids is 1. The monoisotopic (exact) mass is 259 g/mol. The smallest absolute Gasteiger partial charge is 0.224 e. The summed E-state index contributed by atoms with van der Waals surface area (Å²) in [4.78, 5) is 11.9. The van der Waals surface area contributed by atoms with E-state index in [2.05, 4.69) is 5.32 Å². The summed E-state index contributed by atoms with van der Waals surface area (Å²) in [7, 11) is -2.95. The zero-order valence-electron chi connectivity index (χ0n) is 10.2. The fourth-order valence-corrected chi connectivity index (χ4v) is 4.49. The van der Waals surface area contributed by atoms with Crippen LogP contribution in [0.3, 0.4) is 0 Å². The quantitative estimate of drug-likeness (QED) is 0.759. The van der Waals surface area contributed by atoms with Crippen molar-refractivity contribution in [3.63, 3.8) is 0 Å². The summed E-state index contributed by atoms with van der Waals surface area (Å²) in [5.74, 6) is -0.123. The van der Waals surface area contributed by atoms with Crippen LogP contribution in [0.2, 0.25) is 0 Å². The fourth-order valence-electron chi connectivity index (χ4n) is 2.74. The Kier molecular flexibility index (Phi) is 4.07. The van der Waals surface area contributed by atoms with Gasteiger partial charge in [0.15, 0.2) is 9.84 Å². The Balaban J connectivity index is 1.84. The maximum Gasteiger partial charge on any atom is 0.224 e. The van der Waals surface area contributed by atoms with Gasteiger partial charge in [0.2, 0.25) is 5.91 Å². The standard InChI is InChI=1S/C12H21NO3S/c14-12(10-7-8-17(15,16)9-10)13-11-5-3-1-2-4-6-11/h10-11H,1-9H2,(H,13,14)/t10-/m1/s1. The van der Waals surface area contributed by atoms with Gasteiger partial charge in [-0.2, -0.15) is 0 Å². The first-order valence-corrected chi connectivity index (χ1v) is 8.40. The normalized spacial score (nSPS) is 29.8. The second kappa shape index (κ2) is 5.38. The number of nitrogens with one attached hydrogen (secondary N) is 1. The molecular formula is C12H21NO3S. The molecule has 0 aromatic carbocycles. The topological polar surface area (TPSA) is 63.2 Å². The van der Waals surface area contributed by atoms with Gasteiger partial charge < -0.3 is 5.32 Å². The van der Waals surface area contributed by atoms with Gasteiger partial charge >= 0.3 is 0 Å². The van der Waals surface area contributed by atoms with Crippen molar-refractivity contribution in [2.75, 3.05) is 11.5 Å². The number of carbonyl (C=O) groups is 1. The van der Waals surface area contributed by atoms with Crippen LogP contribution >= 0.6 is 0 Å². The molecule has 1 aliphatic carbocycles. The van der Waals surface area contributed by atoms with Gasteiger partial charge in [0.05, 0.1) is 17.4 Å². The molecule has 1 N–H and O–H groups in total. The molecule has 1 saturated heterocycles. The Labute approximate surface area is 103 Å². The molecule has 0 aromatic rings. The summed E-state index contributed by atoms with van der Waals surface area (Å²) < 4.78 is 22.6. The van der Waals surface area contributed by atoms with E-state index >= 15 is 0 Å². The summed E-state index contributed by atoms with van der Waals surface area (Å²) in [6.07, 6.45) is 7.45. The number of sulfone groups is 1. The Hall–Kier alpha value is -0.580. The van der Waals surface area contributed by atoms with Crippen LogP contribution in [0.15, 0.2) is 0 Å². The molecule has 1 saturated carbocycles. The summed E-state index contributed by atoms with van der Waals surface area (Å²) in [6.45, 7) is 0. The van der Waals surface area contributed by atoms with Gasteiger partial charge in [-0.25, -0.2) is 8.42 Å². The second-order valence-electron chi connectivity index (χ2n) is 5.30. The van der Waals surface area contributed by atoms with Gasteiger partial charge in [0, 0.05) is 6.04 Å². The third kappa shape index (κ3) is 3.69. The molecule has 0 spiro atoms. The second-order valence-corrected chi connectivity index (χ2v) is 7.53. The molecule has 0 aromatic heterocycles. The Morgan fingerprint density at radius 2 is 1.65 bits per heavy atom. The van der Waals surface area contributed by atoms with E-state index in [0.717, 1.165) is 12.8 Å². The van der Waals surface area contributed by atoms with Gasteiger partial charge in [-0.1, -0.05) is 25.7 Å². The number of hydrogen-bond donors (Lipinski definition) is 1. The summed E-state index contributed by atoms with van der Waals surface area (Å²) in [5.41, 5.74) is 0. The minimum Gasteiger partial charge on any atom is -0.353 e. The molecule has 1 heterocycles. The number of hydrogen-bond acceptors (Lipinski definition) is 3. The first-order valence-electron chi connectivity index (χ1n) is 6.58. The highest BCUT2D eigenvalue weighted by Crippen LogP contribution is 2.21. The molecule has 1 aliphatic heterocycles. The third-order valence-electron chi connectivity index (χ3n) is 3.80. The zero-order valence-corrected chi connectivity index (χ0v) is 11.0. The van der Waals surface area contributed by atoms with E-state index in [1.807, 2.05) is 0 Å². The molecular weight excluding hydrogens is 238 g/mol. The highest BCUT2D eigenvalue weighted by atomic mass is 32.2. The van der Waals surface area contributed by atoms with Crippen molar-refractivity contribution in [1.29, 1.82) is 0 Å². The van der Waals surface area contributed by atoms with Crippen molar-refractivity contribution in [2.45, 2.75) is 51.0 Å². The van der Waals surface area contributed by atoms with E-state index in [1.54, 1.807) is 0 Å². The van der Waals surface area contributed by atoms with E-state index in [4.69, 9.17) is 0 Å². The number of amides is 1. The van der Waals surface area contributed by atoms with E-state index in [9.17, 15) is 13.2 Å². The molecule has 5 heteroatoms. The molecule has 0 radical (unpaired) electrons. The highest BCUT2D eigenvalue weighted by molar-refractivity contribution is 7.91. The lowest BCUT2D eigenvalue weighted by Crippen LogP contribution is -2.39. The molecule has 98 valence electrons. The van der Waals surface area contributed by atoms with Crippen molar-refractivity contribution in [2.24, 2.45) is 5.92 Å². The average molecular weight is 259 g/mol. The molecule has 2 aliphatic rings. The predicted molar refractivity (Wildman–Crippen MR) is 66.4 cm³/mol. The van der Waals surface area contributed by atoms with Crippen molar-refractivity contribution in [3.8, 4) is 0 Å². The van der Waals surface area contributed by atoms with Crippen LogP contribution in [-0.2, 0) is 14.6 Å². The molecule has 0 bridgehead atoms. The third-order valence-corrected chi connectivity index (χ3v) is 5.57. The van der Waals surface area contributed by atoms with E-state index in [1.165, 1.54) is 25.7 Å². The number of rotatable bonds is 2. The SMILES string of the molecule is O=C(NC1CCCCCC1)[C@@H]1CCS(=O)(=O)C1. The van der Waals surface area contributed by atoms with Crippen LogP contribution < -0.4 is 5.32 Å².